The van der Waals surface area contributed by atoms with Crippen LogP contribution in [0.2, 0.25) is 0 Å². The van der Waals surface area contributed by atoms with Gasteiger partial charge in [-0.15, -0.1) is 0 Å². The molecule has 2 aromatic carbocycles. The second-order valence-electron chi connectivity index (χ2n) is 5.74. The maximum atomic E-state index is 12.2. The number of carbonyl (C=O) groups excluding carboxylic acids is 1. The van der Waals surface area contributed by atoms with Crippen molar-refractivity contribution >= 4 is 11.6 Å². The maximum Gasteiger partial charge on any atom is 0.239 e. The van der Waals surface area contributed by atoms with Gasteiger partial charge in [0.05, 0.1) is 13.1 Å². The SMILES string of the molecule is O=C(CN1CCNCc2ccccc21)NCCOc1ccccc1. The molecule has 126 valence electrons. The van der Waals surface area contributed by atoms with Gasteiger partial charge < -0.3 is 20.3 Å². The van der Waals surface area contributed by atoms with Gasteiger partial charge in [0.2, 0.25) is 5.91 Å². The van der Waals surface area contributed by atoms with E-state index in [2.05, 4.69) is 27.7 Å². The molecular formula is C19H23N3O2. The van der Waals surface area contributed by atoms with Gasteiger partial charge in [-0.25, -0.2) is 0 Å². The average Bonchev–Trinajstić information content (AvgIpc) is 2.82. The van der Waals surface area contributed by atoms with Crippen LogP contribution in [-0.2, 0) is 11.3 Å². The smallest absolute Gasteiger partial charge is 0.239 e. The molecule has 2 aromatic rings. The van der Waals surface area contributed by atoms with Gasteiger partial charge in [-0.2, -0.15) is 0 Å². The molecule has 0 saturated heterocycles. The lowest BCUT2D eigenvalue weighted by Gasteiger charge is -2.23. The zero-order chi connectivity index (χ0) is 16.6. The molecule has 24 heavy (non-hydrogen) atoms. The number of fused-ring (bicyclic) bond motifs is 1. The summed E-state index contributed by atoms with van der Waals surface area (Å²) in [7, 11) is 0. The quantitative estimate of drug-likeness (QED) is 0.795. The molecule has 0 atom stereocenters. The lowest BCUT2D eigenvalue weighted by molar-refractivity contribution is -0.119. The summed E-state index contributed by atoms with van der Waals surface area (Å²) < 4.78 is 5.58. The Morgan fingerprint density at radius 1 is 1.12 bits per heavy atom. The third-order valence-corrected chi connectivity index (χ3v) is 3.98. The predicted molar refractivity (Wildman–Crippen MR) is 95.3 cm³/mol. The number of benzene rings is 2. The molecule has 0 radical (unpaired) electrons. The fraction of sp³-hybridized carbons (Fsp3) is 0.316. The molecule has 5 heteroatoms. The van der Waals surface area contributed by atoms with Crippen molar-refractivity contribution in [3.63, 3.8) is 0 Å². The minimum atomic E-state index is 0.0170. The van der Waals surface area contributed by atoms with Crippen molar-refractivity contribution in [1.82, 2.24) is 10.6 Å². The number of ether oxygens (including phenoxy) is 1. The van der Waals surface area contributed by atoms with Crippen LogP contribution in [0.25, 0.3) is 0 Å². The van der Waals surface area contributed by atoms with E-state index in [1.807, 2.05) is 42.5 Å². The van der Waals surface area contributed by atoms with E-state index in [4.69, 9.17) is 4.74 Å². The minimum absolute atomic E-state index is 0.0170. The first-order valence-electron chi connectivity index (χ1n) is 8.31. The van der Waals surface area contributed by atoms with Gasteiger partial charge in [0.15, 0.2) is 0 Å². The van der Waals surface area contributed by atoms with Gasteiger partial charge in [0.25, 0.3) is 0 Å². The molecule has 0 bridgehead atoms. The van der Waals surface area contributed by atoms with E-state index in [1.165, 1.54) is 5.56 Å². The molecule has 0 aliphatic carbocycles. The van der Waals surface area contributed by atoms with Crippen LogP contribution in [-0.4, -0.2) is 38.7 Å². The number of nitrogens with one attached hydrogen (secondary N) is 2. The summed E-state index contributed by atoms with van der Waals surface area (Å²) in [5.74, 6) is 0.836. The maximum absolute atomic E-state index is 12.2. The van der Waals surface area contributed by atoms with E-state index in [9.17, 15) is 4.79 Å². The van der Waals surface area contributed by atoms with Crippen LogP contribution in [0.15, 0.2) is 54.6 Å². The summed E-state index contributed by atoms with van der Waals surface area (Å²) in [5.41, 5.74) is 2.37. The van der Waals surface area contributed by atoms with Crippen LogP contribution < -0.4 is 20.3 Å². The molecule has 1 heterocycles. The fourth-order valence-electron chi connectivity index (χ4n) is 2.80. The average molecular weight is 325 g/mol. The summed E-state index contributed by atoms with van der Waals surface area (Å²) in [6.45, 7) is 3.88. The second kappa shape index (κ2) is 8.36. The van der Waals surface area contributed by atoms with Gasteiger partial charge in [-0.3, -0.25) is 4.79 Å². The summed E-state index contributed by atoms with van der Waals surface area (Å²) in [4.78, 5) is 14.3. The summed E-state index contributed by atoms with van der Waals surface area (Å²) in [6, 6.07) is 17.8. The number of hydrogen-bond donors (Lipinski definition) is 2. The van der Waals surface area contributed by atoms with Crippen molar-refractivity contribution in [1.29, 1.82) is 0 Å². The van der Waals surface area contributed by atoms with Crippen LogP contribution in [0.5, 0.6) is 5.75 Å². The van der Waals surface area contributed by atoms with E-state index in [1.54, 1.807) is 0 Å². The highest BCUT2D eigenvalue weighted by Gasteiger charge is 2.16. The highest BCUT2D eigenvalue weighted by Crippen LogP contribution is 2.21. The summed E-state index contributed by atoms with van der Waals surface area (Å²) in [6.07, 6.45) is 0. The number of nitrogens with zero attached hydrogens (tertiary/aromatic N) is 1. The molecule has 2 N–H and O–H groups in total. The number of hydrogen-bond acceptors (Lipinski definition) is 4. The summed E-state index contributed by atoms with van der Waals surface area (Å²) >= 11 is 0. The topological polar surface area (TPSA) is 53.6 Å². The highest BCUT2D eigenvalue weighted by molar-refractivity contribution is 5.81. The Morgan fingerprint density at radius 3 is 2.79 bits per heavy atom. The molecule has 0 saturated carbocycles. The highest BCUT2D eigenvalue weighted by atomic mass is 16.5. The molecule has 0 fully saturated rings. The van der Waals surface area contributed by atoms with Gasteiger partial charge in [-0.1, -0.05) is 36.4 Å². The Morgan fingerprint density at radius 2 is 1.92 bits per heavy atom. The standard InChI is InChI=1S/C19H23N3O2/c23-19(21-11-13-24-17-7-2-1-3-8-17)15-22-12-10-20-14-16-6-4-5-9-18(16)22/h1-9,20H,10-15H2,(H,21,23). The van der Waals surface area contributed by atoms with Gasteiger partial charge >= 0.3 is 0 Å². The first kappa shape index (κ1) is 16.3. The Bertz CT molecular complexity index is 661. The molecule has 3 rings (SSSR count). The minimum Gasteiger partial charge on any atom is -0.492 e. The van der Waals surface area contributed by atoms with E-state index >= 15 is 0 Å². The van der Waals surface area contributed by atoms with E-state index in [-0.39, 0.29) is 5.91 Å². The van der Waals surface area contributed by atoms with Gasteiger partial charge in [-0.05, 0) is 23.8 Å². The third kappa shape index (κ3) is 4.49. The summed E-state index contributed by atoms with van der Waals surface area (Å²) in [5, 5.41) is 6.31. The second-order valence-corrected chi connectivity index (χ2v) is 5.74. The van der Waals surface area contributed by atoms with Crippen molar-refractivity contribution in [3.05, 3.63) is 60.2 Å². The van der Waals surface area contributed by atoms with Crippen LogP contribution >= 0.6 is 0 Å². The molecule has 0 unspecified atom stereocenters. The van der Waals surface area contributed by atoms with Crippen molar-refractivity contribution in [2.24, 2.45) is 0 Å². The van der Waals surface area contributed by atoms with Crippen molar-refractivity contribution < 1.29 is 9.53 Å². The fourth-order valence-corrected chi connectivity index (χ4v) is 2.80. The van der Waals surface area contributed by atoms with Crippen LogP contribution in [0.3, 0.4) is 0 Å². The van der Waals surface area contributed by atoms with E-state index in [0.717, 1.165) is 31.1 Å². The monoisotopic (exact) mass is 325 g/mol. The van der Waals surface area contributed by atoms with Crippen molar-refractivity contribution in [3.8, 4) is 5.75 Å². The first-order valence-corrected chi connectivity index (χ1v) is 8.31. The molecule has 1 amide bonds. The molecule has 0 spiro atoms. The lowest BCUT2D eigenvalue weighted by atomic mass is 10.1. The molecular weight excluding hydrogens is 302 g/mol. The lowest BCUT2D eigenvalue weighted by Crippen LogP contribution is -2.40. The largest absolute Gasteiger partial charge is 0.492 e. The number of carbonyl (C=O) groups is 1. The molecule has 1 aliphatic heterocycles. The van der Waals surface area contributed by atoms with Crippen LogP contribution in [0, 0.1) is 0 Å². The Kier molecular flexibility index (Phi) is 5.69. The van der Waals surface area contributed by atoms with Crippen LogP contribution in [0.1, 0.15) is 5.56 Å². The normalized spacial score (nSPS) is 13.8. The van der Waals surface area contributed by atoms with E-state index in [0.29, 0.717) is 19.7 Å². The third-order valence-electron chi connectivity index (χ3n) is 3.98. The van der Waals surface area contributed by atoms with Gasteiger partial charge in [0, 0.05) is 25.3 Å². The number of anilines is 1. The van der Waals surface area contributed by atoms with Crippen molar-refractivity contribution in [2.75, 3.05) is 37.7 Å². The predicted octanol–water partition coefficient (Wildman–Crippen LogP) is 1.79. The van der Waals surface area contributed by atoms with Crippen LogP contribution in [0.4, 0.5) is 5.69 Å². The van der Waals surface area contributed by atoms with Crippen molar-refractivity contribution in [2.45, 2.75) is 6.54 Å². The number of amides is 1. The molecule has 1 aliphatic rings. The molecule has 5 nitrogen and oxygen atoms in total. The molecule has 0 aromatic heterocycles. The Hall–Kier alpha value is -2.53. The zero-order valence-corrected chi connectivity index (χ0v) is 13.7. The number of para-hydroxylation sites is 2. The first-order chi connectivity index (χ1) is 11.8. The Balaban J connectivity index is 1.46. The van der Waals surface area contributed by atoms with Gasteiger partial charge in [0.1, 0.15) is 12.4 Å². The zero-order valence-electron chi connectivity index (χ0n) is 13.7. The Labute approximate surface area is 142 Å². The number of rotatable bonds is 6. The van der Waals surface area contributed by atoms with E-state index < -0.39 is 0 Å².